The van der Waals surface area contributed by atoms with Crippen LogP contribution in [0.2, 0.25) is 0 Å². The normalized spacial score (nSPS) is 15.7. The lowest BCUT2D eigenvalue weighted by atomic mass is 10.1. The van der Waals surface area contributed by atoms with Gasteiger partial charge in [0, 0.05) is 19.3 Å². The summed E-state index contributed by atoms with van der Waals surface area (Å²) < 4.78 is 32.3. The summed E-state index contributed by atoms with van der Waals surface area (Å²) in [5, 5.41) is 3.69. The Morgan fingerprint density at radius 2 is 2.00 bits per heavy atom. The molecule has 0 saturated carbocycles. The molecule has 1 N–H and O–H groups in total. The predicted molar refractivity (Wildman–Crippen MR) is 88.1 cm³/mol. The fourth-order valence-corrected chi connectivity index (χ4v) is 4.15. The minimum atomic E-state index is -3.69. The number of sulfonamides is 1. The van der Waals surface area contributed by atoms with E-state index in [1.165, 1.54) is 6.42 Å². The van der Waals surface area contributed by atoms with E-state index in [1.807, 2.05) is 0 Å². The van der Waals surface area contributed by atoms with Gasteiger partial charge in [-0.25, -0.2) is 23.1 Å². The molecule has 0 unspecified atom stereocenters. The Hall–Kier alpha value is -2.00. The van der Waals surface area contributed by atoms with Gasteiger partial charge in [0.05, 0.1) is 12.2 Å². The van der Waals surface area contributed by atoms with Crippen LogP contribution in [-0.2, 0) is 16.6 Å². The topological polar surface area (TPSA) is 101 Å². The SMILES string of the molecule is Cc1noc(C)c1S(=O)(=O)NCc1ccnc(N2CCCCC2)n1. The average molecular weight is 351 g/mol. The molecule has 0 radical (unpaired) electrons. The van der Waals surface area contributed by atoms with Gasteiger partial charge < -0.3 is 9.42 Å². The van der Waals surface area contributed by atoms with Gasteiger partial charge in [-0.05, 0) is 39.2 Å². The number of nitrogens with zero attached hydrogens (tertiary/aromatic N) is 4. The molecule has 0 amide bonds. The summed E-state index contributed by atoms with van der Waals surface area (Å²) in [5.74, 6) is 0.931. The lowest BCUT2D eigenvalue weighted by Crippen LogP contribution is -2.31. The van der Waals surface area contributed by atoms with Crippen LogP contribution in [0, 0.1) is 13.8 Å². The second-order valence-corrected chi connectivity index (χ2v) is 7.58. The van der Waals surface area contributed by atoms with Crippen molar-refractivity contribution in [2.75, 3.05) is 18.0 Å². The van der Waals surface area contributed by atoms with E-state index in [0.717, 1.165) is 25.9 Å². The quantitative estimate of drug-likeness (QED) is 0.872. The van der Waals surface area contributed by atoms with Crippen molar-refractivity contribution in [2.45, 2.75) is 44.6 Å². The second kappa shape index (κ2) is 6.86. The highest BCUT2D eigenvalue weighted by Gasteiger charge is 2.24. The summed E-state index contributed by atoms with van der Waals surface area (Å²) >= 11 is 0. The van der Waals surface area contributed by atoms with Gasteiger partial charge in [0.25, 0.3) is 0 Å². The Bertz CT molecular complexity index is 793. The first-order valence-corrected chi connectivity index (χ1v) is 9.45. The van der Waals surface area contributed by atoms with Crippen LogP contribution < -0.4 is 9.62 Å². The molecule has 9 heteroatoms. The van der Waals surface area contributed by atoms with Crippen molar-refractivity contribution in [3.63, 3.8) is 0 Å². The molecule has 0 aliphatic carbocycles. The number of rotatable bonds is 5. The van der Waals surface area contributed by atoms with E-state index in [1.54, 1.807) is 26.1 Å². The molecule has 24 heavy (non-hydrogen) atoms. The first-order chi connectivity index (χ1) is 11.5. The van der Waals surface area contributed by atoms with Crippen LogP contribution in [0.3, 0.4) is 0 Å². The minimum absolute atomic E-state index is 0.0906. The van der Waals surface area contributed by atoms with E-state index in [9.17, 15) is 8.42 Å². The number of aryl methyl sites for hydroxylation is 2. The number of aromatic nitrogens is 3. The summed E-state index contributed by atoms with van der Waals surface area (Å²) in [6.45, 7) is 5.15. The van der Waals surface area contributed by atoms with Crippen LogP contribution in [0.4, 0.5) is 5.95 Å². The van der Waals surface area contributed by atoms with Gasteiger partial charge in [-0.15, -0.1) is 0 Å². The lowest BCUT2D eigenvalue weighted by molar-refractivity contribution is 0.390. The Labute approximate surface area is 141 Å². The number of anilines is 1. The summed E-state index contributed by atoms with van der Waals surface area (Å²) in [5.41, 5.74) is 0.970. The number of piperidine rings is 1. The van der Waals surface area contributed by atoms with Crippen LogP contribution in [0.5, 0.6) is 0 Å². The molecule has 8 nitrogen and oxygen atoms in total. The fourth-order valence-electron chi connectivity index (χ4n) is 2.83. The maximum Gasteiger partial charge on any atom is 0.246 e. The van der Waals surface area contributed by atoms with Crippen LogP contribution in [-0.4, -0.2) is 36.6 Å². The Kier molecular flexibility index (Phi) is 4.81. The molecule has 0 spiro atoms. The van der Waals surface area contributed by atoms with Crippen molar-refractivity contribution in [1.29, 1.82) is 0 Å². The molecule has 0 bridgehead atoms. The minimum Gasteiger partial charge on any atom is -0.360 e. The Morgan fingerprint density at radius 1 is 1.25 bits per heavy atom. The molecule has 3 heterocycles. The Balaban J connectivity index is 1.72. The standard InChI is InChI=1S/C15H21N5O3S/c1-11-14(12(2)23-19-11)24(21,22)17-10-13-6-7-16-15(18-13)20-8-4-3-5-9-20/h6-7,17H,3-5,8-10H2,1-2H3. The van der Waals surface area contributed by atoms with Crippen molar-refractivity contribution < 1.29 is 12.9 Å². The molecule has 1 saturated heterocycles. The summed E-state index contributed by atoms with van der Waals surface area (Å²) in [6, 6.07) is 1.71. The van der Waals surface area contributed by atoms with Crippen LogP contribution in [0.25, 0.3) is 0 Å². The van der Waals surface area contributed by atoms with Gasteiger partial charge in [0.2, 0.25) is 16.0 Å². The number of nitrogens with one attached hydrogen (secondary N) is 1. The lowest BCUT2D eigenvalue weighted by Gasteiger charge is -2.26. The van der Waals surface area contributed by atoms with Crippen LogP contribution in [0.15, 0.2) is 21.7 Å². The van der Waals surface area contributed by atoms with E-state index < -0.39 is 10.0 Å². The van der Waals surface area contributed by atoms with Crippen molar-refractivity contribution >= 4 is 16.0 Å². The molecule has 0 atom stereocenters. The van der Waals surface area contributed by atoms with Gasteiger partial charge in [0.15, 0.2) is 5.76 Å². The zero-order chi connectivity index (χ0) is 17.2. The third-order valence-electron chi connectivity index (χ3n) is 4.02. The van der Waals surface area contributed by atoms with Gasteiger partial charge in [0.1, 0.15) is 10.6 Å². The molecule has 2 aromatic rings. The highest BCUT2D eigenvalue weighted by Crippen LogP contribution is 2.19. The Morgan fingerprint density at radius 3 is 2.67 bits per heavy atom. The zero-order valence-corrected chi connectivity index (χ0v) is 14.6. The molecule has 1 aliphatic heterocycles. The van der Waals surface area contributed by atoms with Gasteiger partial charge in [-0.2, -0.15) is 0 Å². The zero-order valence-electron chi connectivity index (χ0n) is 13.8. The molecule has 1 aliphatic rings. The van der Waals surface area contributed by atoms with Crippen molar-refractivity contribution in [3.05, 3.63) is 29.4 Å². The number of hydrogen-bond donors (Lipinski definition) is 1. The van der Waals surface area contributed by atoms with E-state index >= 15 is 0 Å². The van der Waals surface area contributed by atoms with E-state index in [0.29, 0.717) is 17.3 Å². The van der Waals surface area contributed by atoms with Gasteiger partial charge >= 0.3 is 0 Å². The third-order valence-corrected chi connectivity index (χ3v) is 5.66. The maximum atomic E-state index is 12.4. The summed E-state index contributed by atoms with van der Waals surface area (Å²) in [6.07, 6.45) is 5.16. The van der Waals surface area contributed by atoms with Crippen molar-refractivity contribution in [1.82, 2.24) is 19.8 Å². The molecule has 3 rings (SSSR count). The number of hydrogen-bond acceptors (Lipinski definition) is 7. The molecule has 2 aromatic heterocycles. The maximum absolute atomic E-state index is 12.4. The van der Waals surface area contributed by atoms with Crippen LogP contribution in [0.1, 0.15) is 36.4 Å². The second-order valence-electron chi connectivity index (χ2n) is 5.87. The predicted octanol–water partition coefficient (Wildman–Crippen LogP) is 1.55. The van der Waals surface area contributed by atoms with Crippen molar-refractivity contribution in [3.8, 4) is 0 Å². The highest BCUT2D eigenvalue weighted by molar-refractivity contribution is 7.89. The monoisotopic (exact) mass is 351 g/mol. The molecule has 130 valence electrons. The van der Waals surface area contributed by atoms with Crippen molar-refractivity contribution in [2.24, 2.45) is 0 Å². The first kappa shape index (κ1) is 16.8. The van der Waals surface area contributed by atoms with E-state index in [-0.39, 0.29) is 17.2 Å². The van der Waals surface area contributed by atoms with Gasteiger partial charge in [-0.3, -0.25) is 0 Å². The highest BCUT2D eigenvalue weighted by atomic mass is 32.2. The molecular weight excluding hydrogens is 330 g/mol. The average Bonchev–Trinajstić information content (AvgIpc) is 2.94. The fraction of sp³-hybridized carbons (Fsp3) is 0.533. The molecule has 0 aromatic carbocycles. The van der Waals surface area contributed by atoms with E-state index in [2.05, 4.69) is 24.7 Å². The smallest absolute Gasteiger partial charge is 0.246 e. The molecular formula is C15H21N5O3S. The summed E-state index contributed by atoms with van der Waals surface area (Å²) in [7, 11) is -3.69. The van der Waals surface area contributed by atoms with Crippen LogP contribution >= 0.6 is 0 Å². The largest absolute Gasteiger partial charge is 0.360 e. The molecule has 1 fully saturated rings. The van der Waals surface area contributed by atoms with Gasteiger partial charge in [-0.1, -0.05) is 5.16 Å². The summed E-state index contributed by atoms with van der Waals surface area (Å²) in [4.78, 5) is 11.0. The van der Waals surface area contributed by atoms with E-state index in [4.69, 9.17) is 4.52 Å². The third kappa shape index (κ3) is 3.57. The first-order valence-electron chi connectivity index (χ1n) is 7.97.